The molecule has 0 atom stereocenters. The Morgan fingerprint density at radius 2 is 1.76 bits per heavy atom. The third-order valence-electron chi connectivity index (χ3n) is 3.05. The van der Waals surface area contributed by atoms with Crippen LogP contribution in [-0.2, 0) is 9.84 Å². The van der Waals surface area contributed by atoms with Crippen LogP contribution in [0, 0.1) is 6.92 Å². The molecule has 2 rings (SSSR count). The molecule has 1 N–H and O–H groups in total. The SMILES string of the molecule is Cc1c(Br)cccc1C(=O)Nc1ccccc1S(C)(=O)=O. The lowest BCUT2D eigenvalue weighted by Crippen LogP contribution is -2.15. The maximum absolute atomic E-state index is 12.3. The van der Waals surface area contributed by atoms with E-state index in [1.54, 1.807) is 30.3 Å². The van der Waals surface area contributed by atoms with Crippen LogP contribution in [0.1, 0.15) is 15.9 Å². The number of carbonyl (C=O) groups is 1. The van der Waals surface area contributed by atoms with Crippen molar-refractivity contribution in [3.05, 3.63) is 58.1 Å². The van der Waals surface area contributed by atoms with Gasteiger partial charge in [0.25, 0.3) is 5.91 Å². The van der Waals surface area contributed by atoms with Crippen molar-refractivity contribution >= 4 is 37.4 Å². The van der Waals surface area contributed by atoms with Gasteiger partial charge in [0.1, 0.15) is 0 Å². The Morgan fingerprint density at radius 1 is 1.10 bits per heavy atom. The van der Waals surface area contributed by atoms with Crippen molar-refractivity contribution in [2.24, 2.45) is 0 Å². The second-order valence-electron chi connectivity index (χ2n) is 4.63. The van der Waals surface area contributed by atoms with Crippen LogP contribution >= 0.6 is 15.9 Å². The number of carbonyl (C=O) groups excluding carboxylic acids is 1. The fraction of sp³-hybridized carbons (Fsp3) is 0.133. The van der Waals surface area contributed by atoms with Gasteiger partial charge in [0.2, 0.25) is 0 Å². The molecule has 2 aromatic carbocycles. The van der Waals surface area contributed by atoms with Gasteiger partial charge in [-0.3, -0.25) is 4.79 Å². The highest BCUT2D eigenvalue weighted by molar-refractivity contribution is 9.10. The topological polar surface area (TPSA) is 63.2 Å². The number of hydrogen-bond donors (Lipinski definition) is 1. The molecule has 21 heavy (non-hydrogen) atoms. The van der Waals surface area contributed by atoms with Crippen molar-refractivity contribution in [3.8, 4) is 0 Å². The van der Waals surface area contributed by atoms with E-state index < -0.39 is 9.84 Å². The molecule has 0 saturated heterocycles. The number of sulfone groups is 1. The number of anilines is 1. The molecule has 0 unspecified atom stereocenters. The van der Waals surface area contributed by atoms with Crippen molar-refractivity contribution in [2.45, 2.75) is 11.8 Å². The maximum Gasteiger partial charge on any atom is 0.256 e. The number of nitrogens with one attached hydrogen (secondary N) is 1. The molecule has 0 bridgehead atoms. The second-order valence-corrected chi connectivity index (χ2v) is 7.47. The lowest BCUT2D eigenvalue weighted by atomic mass is 10.1. The van der Waals surface area contributed by atoms with Gasteiger partial charge in [-0.2, -0.15) is 0 Å². The lowest BCUT2D eigenvalue weighted by Gasteiger charge is -2.11. The summed E-state index contributed by atoms with van der Waals surface area (Å²) in [5.41, 5.74) is 1.57. The van der Waals surface area contributed by atoms with Gasteiger partial charge in [0.05, 0.1) is 10.6 Å². The van der Waals surface area contributed by atoms with Crippen molar-refractivity contribution in [2.75, 3.05) is 11.6 Å². The number of rotatable bonds is 3. The third-order valence-corrected chi connectivity index (χ3v) is 5.06. The van der Waals surface area contributed by atoms with Crippen LogP contribution in [0.4, 0.5) is 5.69 Å². The first-order valence-corrected chi connectivity index (χ1v) is 8.84. The maximum atomic E-state index is 12.3. The van der Waals surface area contributed by atoms with E-state index in [1.165, 1.54) is 6.07 Å². The zero-order valence-electron chi connectivity index (χ0n) is 11.6. The summed E-state index contributed by atoms with van der Waals surface area (Å²) in [6, 6.07) is 11.6. The van der Waals surface area contributed by atoms with Crippen LogP contribution in [-0.4, -0.2) is 20.6 Å². The van der Waals surface area contributed by atoms with Crippen LogP contribution in [0.3, 0.4) is 0 Å². The minimum absolute atomic E-state index is 0.103. The first-order valence-electron chi connectivity index (χ1n) is 6.16. The van der Waals surface area contributed by atoms with E-state index in [2.05, 4.69) is 21.2 Å². The molecule has 0 aliphatic carbocycles. The molecule has 0 spiro atoms. The zero-order chi connectivity index (χ0) is 15.6. The van der Waals surface area contributed by atoms with Crippen LogP contribution in [0.5, 0.6) is 0 Å². The summed E-state index contributed by atoms with van der Waals surface area (Å²) in [5.74, 6) is -0.343. The number of amides is 1. The first-order chi connectivity index (χ1) is 9.80. The molecular weight excluding hydrogens is 354 g/mol. The van der Waals surface area contributed by atoms with Gasteiger partial charge in [-0.05, 0) is 36.8 Å². The normalized spacial score (nSPS) is 11.2. The van der Waals surface area contributed by atoms with Gasteiger partial charge in [-0.15, -0.1) is 0 Å². The average Bonchev–Trinajstić information content (AvgIpc) is 2.41. The Labute approximate surface area is 132 Å². The highest BCUT2D eigenvalue weighted by atomic mass is 79.9. The smallest absolute Gasteiger partial charge is 0.256 e. The molecule has 0 aliphatic heterocycles. The average molecular weight is 368 g/mol. The molecule has 0 heterocycles. The van der Waals surface area contributed by atoms with Crippen molar-refractivity contribution in [1.29, 1.82) is 0 Å². The molecule has 110 valence electrons. The molecule has 0 aromatic heterocycles. The lowest BCUT2D eigenvalue weighted by molar-refractivity contribution is 0.102. The van der Waals surface area contributed by atoms with E-state index >= 15 is 0 Å². The van der Waals surface area contributed by atoms with Crippen molar-refractivity contribution in [1.82, 2.24) is 0 Å². The van der Waals surface area contributed by atoms with E-state index in [1.807, 2.05) is 13.0 Å². The van der Waals surface area contributed by atoms with Crippen LogP contribution in [0.2, 0.25) is 0 Å². The van der Waals surface area contributed by atoms with Gasteiger partial charge in [0, 0.05) is 16.3 Å². The van der Waals surface area contributed by atoms with Crippen LogP contribution < -0.4 is 5.32 Å². The van der Waals surface area contributed by atoms with E-state index in [-0.39, 0.29) is 16.5 Å². The summed E-state index contributed by atoms with van der Waals surface area (Å²) in [7, 11) is -3.40. The van der Waals surface area contributed by atoms with Crippen LogP contribution in [0.25, 0.3) is 0 Å². The molecule has 0 aliphatic rings. The third kappa shape index (κ3) is 3.51. The Bertz CT molecular complexity index is 800. The van der Waals surface area contributed by atoms with E-state index in [9.17, 15) is 13.2 Å². The molecule has 1 amide bonds. The Morgan fingerprint density at radius 3 is 2.43 bits per heavy atom. The Balaban J connectivity index is 2.40. The summed E-state index contributed by atoms with van der Waals surface area (Å²) in [5, 5.41) is 2.66. The van der Waals surface area contributed by atoms with Crippen molar-refractivity contribution < 1.29 is 13.2 Å². The molecule has 0 fully saturated rings. The quantitative estimate of drug-likeness (QED) is 0.903. The highest BCUT2D eigenvalue weighted by Gasteiger charge is 2.16. The molecule has 6 heteroatoms. The minimum atomic E-state index is -3.40. The molecule has 0 radical (unpaired) electrons. The van der Waals surface area contributed by atoms with Gasteiger partial charge in [-0.1, -0.05) is 34.1 Å². The minimum Gasteiger partial charge on any atom is -0.321 e. The van der Waals surface area contributed by atoms with E-state index in [0.717, 1.165) is 16.3 Å². The Kier molecular flexibility index (Phi) is 4.49. The molecule has 4 nitrogen and oxygen atoms in total. The highest BCUT2D eigenvalue weighted by Crippen LogP contribution is 2.24. The van der Waals surface area contributed by atoms with Gasteiger partial charge >= 0.3 is 0 Å². The number of hydrogen-bond acceptors (Lipinski definition) is 3. The fourth-order valence-corrected chi connectivity index (χ4v) is 3.15. The zero-order valence-corrected chi connectivity index (χ0v) is 14.0. The van der Waals surface area contributed by atoms with Gasteiger partial charge < -0.3 is 5.32 Å². The summed E-state index contributed by atoms with van der Waals surface area (Å²) < 4.78 is 24.3. The molecule has 0 saturated carbocycles. The van der Waals surface area contributed by atoms with Crippen LogP contribution in [0.15, 0.2) is 51.8 Å². The summed E-state index contributed by atoms with van der Waals surface area (Å²) in [4.78, 5) is 12.4. The van der Waals surface area contributed by atoms with Gasteiger partial charge in [-0.25, -0.2) is 8.42 Å². The van der Waals surface area contributed by atoms with E-state index in [0.29, 0.717) is 5.56 Å². The fourth-order valence-electron chi connectivity index (χ4n) is 1.94. The van der Waals surface area contributed by atoms with Crippen molar-refractivity contribution in [3.63, 3.8) is 0 Å². The number of halogens is 1. The summed E-state index contributed by atoms with van der Waals surface area (Å²) in [6.07, 6.45) is 1.11. The number of benzene rings is 2. The molecule has 2 aromatic rings. The standard InChI is InChI=1S/C15H14BrNO3S/c1-10-11(6-5-7-12(10)16)15(18)17-13-8-3-4-9-14(13)21(2,19)20/h3-9H,1-2H3,(H,17,18). The summed E-state index contributed by atoms with van der Waals surface area (Å²) in [6.45, 7) is 1.82. The van der Waals surface area contributed by atoms with E-state index in [4.69, 9.17) is 0 Å². The summed E-state index contributed by atoms with van der Waals surface area (Å²) >= 11 is 3.37. The monoisotopic (exact) mass is 367 g/mol. The van der Waals surface area contributed by atoms with Gasteiger partial charge in [0.15, 0.2) is 9.84 Å². The second kappa shape index (κ2) is 5.99. The predicted molar refractivity (Wildman–Crippen MR) is 86.4 cm³/mol. The Hall–Kier alpha value is -1.66. The molecular formula is C15H14BrNO3S. The largest absolute Gasteiger partial charge is 0.321 e. The first kappa shape index (κ1) is 15.7. The number of para-hydroxylation sites is 1. The predicted octanol–water partition coefficient (Wildman–Crippen LogP) is 3.41.